The van der Waals surface area contributed by atoms with E-state index in [2.05, 4.69) is 10.2 Å². The molecular weight excluding hydrogens is 223 g/mol. The van der Waals surface area contributed by atoms with Crippen molar-refractivity contribution in [2.45, 2.75) is 6.92 Å². The SMILES string of the molecule is Cc1cc(F)cc(-c2nnc(Cl)s2)c1. The van der Waals surface area contributed by atoms with Crippen LogP contribution in [0.5, 0.6) is 0 Å². The zero-order valence-corrected chi connectivity index (χ0v) is 8.86. The molecule has 0 unspecified atom stereocenters. The van der Waals surface area contributed by atoms with Crippen LogP contribution in [0.2, 0.25) is 4.47 Å². The first-order valence-corrected chi connectivity index (χ1v) is 5.11. The number of aromatic nitrogens is 2. The minimum absolute atomic E-state index is 0.272. The highest BCUT2D eigenvalue weighted by Crippen LogP contribution is 2.27. The lowest BCUT2D eigenvalue weighted by atomic mass is 10.1. The van der Waals surface area contributed by atoms with Crippen molar-refractivity contribution in [1.82, 2.24) is 10.2 Å². The Bertz CT molecular complexity index is 449. The molecule has 1 heterocycles. The van der Waals surface area contributed by atoms with Crippen LogP contribution in [-0.2, 0) is 0 Å². The summed E-state index contributed by atoms with van der Waals surface area (Å²) in [5.74, 6) is -0.272. The number of hydrogen-bond acceptors (Lipinski definition) is 3. The molecule has 2 aromatic rings. The Labute approximate surface area is 89.4 Å². The molecule has 14 heavy (non-hydrogen) atoms. The van der Waals surface area contributed by atoms with Crippen molar-refractivity contribution in [2.75, 3.05) is 0 Å². The van der Waals surface area contributed by atoms with Crippen molar-refractivity contribution in [3.8, 4) is 10.6 Å². The van der Waals surface area contributed by atoms with Crippen molar-refractivity contribution in [3.63, 3.8) is 0 Å². The first kappa shape index (κ1) is 9.55. The van der Waals surface area contributed by atoms with E-state index in [-0.39, 0.29) is 5.82 Å². The highest BCUT2D eigenvalue weighted by atomic mass is 35.5. The van der Waals surface area contributed by atoms with Gasteiger partial charge in [-0.2, -0.15) is 0 Å². The molecule has 1 aromatic carbocycles. The lowest BCUT2D eigenvalue weighted by Crippen LogP contribution is -1.82. The predicted octanol–water partition coefficient (Wildman–Crippen LogP) is 3.31. The average Bonchev–Trinajstić information content (AvgIpc) is 2.50. The van der Waals surface area contributed by atoms with Crippen LogP contribution in [0, 0.1) is 12.7 Å². The zero-order valence-electron chi connectivity index (χ0n) is 7.29. The highest BCUT2D eigenvalue weighted by Gasteiger charge is 2.06. The first-order chi connectivity index (χ1) is 6.65. The quantitative estimate of drug-likeness (QED) is 0.749. The monoisotopic (exact) mass is 228 g/mol. The number of halogens is 2. The van der Waals surface area contributed by atoms with Crippen molar-refractivity contribution in [1.29, 1.82) is 0 Å². The van der Waals surface area contributed by atoms with Gasteiger partial charge in [-0.25, -0.2) is 4.39 Å². The molecule has 0 fully saturated rings. The van der Waals surface area contributed by atoms with Crippen LogP contribution in [0.1, 0.15) is 5.56 Å². The third-order valence-corrected chi connectivity index (χ3v) is 2.76. The molecular formula is C9H6ClFN2S. The topological polar surface area (TPSA) is 25.8 Å². The Balaban J connectivity index is 2.51. The van der Waals surface area contributed by atoms with Crippen LogP contribution < -0.4 is 0 Å². The number of rotatable bonds is 1. The van der Waals surface area contributed by atoms with E-state index >= 15 is 0 Å². The van der Waals surface area contributed by atoms with Gasteiger partial charge in [-0.05, 0) is 42.3 Å². The van der Waals surface area contributed by atoms with Gasteiger partial charge in [0, 0.05) is 5.56 Å². The van der Waals surface area contributed by atoms with Gasteiger partial charge in [0.05, 0.1) is 0 Å². The lowest BCUT2D eigenvalue weighted by molar-refractivity contribution is 0.627. The number of hydrogen-bond donors (Lipinski definition) is 0. The van der Waals surface area contributed by atoms with Gasteiger partial charge in [0.25, 0.3) is 0 Å². The van der Waals surface area contributed by atoms with Gasteiger partial charge >= 0.3 is 0 Å². The van der Waals surface area contributed by atoms with Gasteiger partial charge < -0.3 is 0 Å². The molecule has 0 N–H and O–H groups in total. The zero-order chi connectivity index (χ0) is 10.1. The van der Waals surface area contributed by atoms with Crippen LogP contribution >= 0.6 is 22.9 Å². The van der Waals surface area contributed by atoms with E-state index in [1.807, 2.05) is 13.0 Å². The molecule has 0 radical (unpaired) electrons. The molecule has 0 atom stereocenters. The second-order valence-electron chi connectivity index (χ2n) is 2.88. The molecule has 5 heteroatoms. The van der Waals surface area contributed by atoms with E-state index in [1.54, 1.807) is 0 Å². The summed E-state index contributed by atoms with van der Waals surface area (Å²) in [6.07, 6.45) is 0. The third kappa shape index (κ3) is 1.91. The first-order valence-electron chi connectivity index (χ1n) is 3.92. The summed E-state index contributed by atoms with van der Waals surface area (Å²) in [5.41, 5.74) is 1.57. The maximum Gasteiger partial charge on any atom is 0.207 e. The maximum atomic E-state index is 13.0. The summed E-state index contributed by atoms with van der Waals surface area (Å²) in [7, 11) is 0. The summed E-state index contributed by atoms with van der Waals surface area (Å²) in [6.45, 7) is 1.83. The molecule has 2 nitrogen and oxygen atoms in total. The fourth-order valence-corrected chi connectivity index (χ4v) is 2.00. The maximum absolute atomic E-state index is 13.0. The van der Waals surface area contributed by atoms with Gasteiger partial charge in [-0.3, -0.25) is 0 Å². The smallest absolute Gasteiger partial charge is 0.207 e. The molecule has 0 bridgehead atoms. The minimum Gasteiger partial charge on any atom is -0.207 e. The number of nitrogens with zero attached hydrogens (tertiary/aromatic N) is 2. The molecule has 0 spiro atoms. The summed E-state index contributed by atoms with van der Waals surface area (Å²) >= 11 is 6.88. The second kappa shape index (κ2) is 3.63. The van der Waals surface area contributed by atoms with E-state index in [9.17, 15) is 4.39 Å². The second-order valence-corrected chi connectivity index (χ2v) is 4.44. The Kier molecular flexibility index (Phi) is 2.48. The van der Waals surface area contributed by atoms with Crippen molar-refractivity contribution < 1.29 is 4.39 Å². The van der Waals surface area contributed by atoms with E-state index in [0.29, 0.717) is 15.0 Å². The van der Waals surface area contributed by atoms with E-state index < -0.39 is 0 Å². The van der Waals surface area contributed by atoms with Gasteiger partial charge in [-0.1, -0.05) is 11.3 Å². The fourth-order valence-electron chi connectivity index (χ4n) is 1.18. The summed E-state index contributed by atoms with van der Waals surface area (Å²) in [4.78, 5) is 0. The van der Waals surface area contributed by atoms with Crippen molar-refractivity contribution in [3.05, 3.63) is 34.0 Å². The molecule has 0 aliphatic heterocycles. The Morgan fingerprint density at radius 1 is 1.29 bits per heavy atom. The van der Waals surface area contributed by atoms with Crippen molar-refractivity contribution in [2.24, 2.45) is 0 Å². The normalized spacial score (nSPS) is 10.5. The molecule has 0 saturated heterocycles. The summed E-state index contributed by atoms with van der Waals surface area (Å²) < 4.78 is 13.4. The largest absolute Gasteiger partial charge is 0.207 e. The Morgan fingerprint density at radius 3 is 2.64 bits per heavy atom. The van der Waals surface area contributed by atoms with Gasteiger partial charge in [-0.15, -0.1) is 10.2 Å². The Hall–Kier alpha value is -1.000. The molecule has 72 valence electrons. The minimum atomic E-state index is -0.272. The highest BCUT2D eigenvalue weighted by molar-refractivity contribution is 7.18. The van der Waals surface area contributed by atoms with Gasteiger partial charge in [0.1, 0.15) is 10.8 Å². The van der Waals surface area contributed by atoms with Gasteiger partial charge in [0.2, 0.25) is 4.47 Å². The lowest BCUT2D eigenvalue weighted by Gasteiger charge is -1.97. The van der Waals surface area contributed by atoms with E-state index in [4.69, 9.17) is 11.6 Å². The van der Waals surface area contributed by atoms with Gasteiger partial charge in [0.15, 0.2) is 0 Å². The van der Waals surface area contributed by atoms with Crippen LogP contribution in [0.15, 0.2) is 18.2 Å². The number of aryl methyl sites for hydroxylation is 1. The van der Waals surface area contributed by atoms with Crippen LogP contribution in [0.3, 0.4) is 0 Å². The molecule has 0 saturated carbocycles. The van der Waals surface area contributed by atoms with E-state index in [1.165, 1.54) is 23.5 Å². The Morgan fingerprint density at radius 2 is 2.07 bits per heavy atom. The molecule has 1 aromatic heterocycles. The predicted molar refractivity (Wildman–Crippen MR) is 55.1 cm³/mol. The summed E-state index contributed by atoms with van der Waals surface area (Å²) in [6, 6.07) is 4.73. The van der Waals surface area contributed by atoms with Crippen molar-refractivity contribution >= 4 is 22.9 Å². The average molecular weight is 229 g/mol. The standard InChI is InChI=1S/C9H6ClFN2S/c1-5-2-6(4-7(11)3-5)8-12-13-9(10)14-8/h2-4H,1H3. The molecule has 0 aliphatic carbocycles. The molecule has 2 rings (SSSR count). The van der Waals surface area contributed by atoms with Crippen LogP contribution in [0.25, 0.3) is 10.6 Å². The number of benzene rings is 1. The molecule has 0 amide bonds. The fraction of sp³-hybridized carbons (Fsp3) is 0.111. The molecule has 0 aliphatic rings. The summed E-state index contributed by atoms with van der Waals surface area (Å²) in [5, 5.41) is 8.14. The van der Waals surface area contributed by atoms with Crippen LogP contribution in [-0.4, -0.2) is 10.2 Å². The third-order valence-electron chi connectivity index (χ3n) is 1.69. The van der Waals surface area contributed by atoms with Crippen LogP contribution in [0.4, 0.5) is 4.39 Å². The van der Waals surface area contributed by atoms with E-state index in [0.717, 1.165) is 5.56 Å².